The van der Waals surface area contributed by atoms with Gasteiger partial charge in [-0.2, -0.15) is 0 Å². The van der Waals surface area contributed by atoms with Gasteiger partial charge in [-0.05, 0) is 76.3 Å². The van der Waals surface area contributed by atoms with E-state index in [1.807, 2.05) is 0 Å². The van der Waals surface area contributed by atoms with Crippen molar-refractivity contribution in [3.05, 3.63) is 58.8 Å². The van der Waals surface area contributed by atoms with Crippen molar-refractivity contribution >= 4 is 28.0 Å². The van der Waals surface area contributed by atoms with Crippen molar-refractivity contribution in [2.45, 2.75) is 52.9 Å². The molecule has 2 aliphatic heterocycles. The Labute approximate surface area is 192 Å². The van der Waals surface area contributed by atoms with Crippen LogP contribution in [0, 0.1) is 20.8 Å². The Hall–Kier alpha value is -2.59. The van der Waals surface area contributed by atoms with Crippen molar-refractivity contribution in [2.24, 2.45) is 0 Å². The van der Waals surface area contributed by atoms with Crippen LogP contribution < -0.4 is 9.80 Å². The van der Waals surface area contributed by atoms with Crippen LogP contribution in [-0.4, -0.2) is 37.8 Å². The average molecular weight is 430 g/mol. The highest BCUT2D eigenvalue weighted by atomic mass is 16.5. The number of para-hydroxylation sites is 1. The second-order valence-corrected chi connectivity index (χ2v) is 9.49. The zero-order valence-corrected chi connectivity index (χ0v) is 20.2. The highest BCUT2D eigenvalue weighted by molar-refractivity contribution is 5.98. The van der Waals surface area contributed by atoms with Crippen LogP contribution in [0.2, 0.25) is 0 Å². The number of benzene rings is 2. The molecule has 0 saturated carbocycles. The molecule has 4 nitrogen and oxygen atoms in total. The molecule has 3 aromatic rings. The van der Waals surface area contributed by atoms with Crippen molar-refractivity contribution in [3.63, 3.8) is 0 Å². The summed E-state index contributed by atoms with van der Waals surface area (Å²) in [7, 11) is 0. The molecule has 1 fully saturated rings. The Bertz CT molecular complexity index is 1160. The van der Waals surface area contributed by atoms with Gasteiger partial charge in [-0.1, -0.05) is 24.3 Å². The molecule has 0 aliphatic carbocycles. The standard InChI is InChI=1S/C28H35N3O/c1-6-30(7-2)22-11-12-24-25(17-22)31(18-28(24)13-15-32-16-14-28)27-20(4)21(5)29-26-19(3)9-8-10-23(26)27/h8-12,17H,6-7,13-16,18H2,1-5H3. The minimum absolute atomic E-state index is 0.162. The zero-order chi connectivity index (χ0) is 22.5. The quantitative estimate of drug-likeness (QED) is 0.493. The van der Waals surface area contributed by atoms with E-state index < -0.39 is 0 Å². The van der Waals surface area contributed by atoms with E-state index in [4.69, 9.17) is 9.72 Å². The van der Waals surface area contributed by atoms with Crippen molar-refractivity contribution in [1.29, 1.82) is 0 Å². The summed E-state index contributed by atoms with van der Waals surface area (Å²) in [4.78, 5) is 10.0. The Kier molecular flexibility index (Phi) is 5.37. The summed E-state index contributed by atoms with van der Waals surface area (Å²) in [6, 6.07) is 13.8. The van der Waals surface area contributed by atoms with E-state index in [1.54, 1.807) is 0 Å². The van der Waals surface area contributed by atoms with Crippen LogP contribution in [0.3, 0.4) is 0 Å². The molecule has 1 saturated heterocycles. The molecule has 1 spiro atoms. The van der Waals surface area contributed by atoms with Crippen LogP contribution in [0.15, 0.2) is 36.4 Å². The fourth-order valence-corrected chi connectivity index (χ4v) is 5.81. The normalized spacial score (nSPS) is 17.2. The molecule has 0 bridgehead atoms. The highest BCUT2D eigenvalue weighted by Crippen LogP contribution is 2.52. The van der Waals surface area contributed by atoms with Crippen LogP contribution in [0.25, 0.3) is 10.9 Å². The van der Waals surface area contributed by atoms with Gasteiger partial charge in [-0.25, -0.2) is 0 Å². The van der Waals surface area contributed by atoms with Gasteiger partial charge < -0.3 is 14.5 Å². The maximum atomic E-state index is 5.80. The topological polar surface area (TPSA) is 28.6 Å². The van der Waals surface area contributed by atoms with Crippen LogP contribution in [0.1, 0.15) is 49.1 Å². The van der Waals surface area contributed by atoms with Crippen LogP contribution in [-0.2, 0) is 10.2 Å². The summed E-state index contributed by atoms with van der Waals surface area (Å²) in [5, 5.41) is 1.26. The second-order valence-electron chi connectivity index (χ2n) is 9.49. The summed E-state index contributed by atoms with van der Waals surface area (Å²) < 4.78 is 5.80. The molecule has 168 valence electrons. The molecule has 0 unspecified atom stereocenters. The van der Waals surface area contributed by atoms with Crippen LogP contribution in [0.5, 0.6) is 0 Å². The number of aromatic nitrogens is 1. The first-order valence-corrected chi connectivity index (χ1v) is 12.1. The smallest absolute Gasteiger partial charge is 0.0755 e. The predicted molar refractivity (Wildman–Crippen MR) is 135 cm³/mol. The fraction of sp³-hybridized carbons (Fsp3) is 0.464. The number of nitrogens with zero attached hydrogens (tertiary/aromatic N) is 3. The molecule has 3 heterocycles. The average Bonchev–Trinajstić information content (AvgIpc) is 3.09. The Morgan fingerprint density at radius 1 is 1.03 bits per heavy atom. The number of hydrogen-bond acceptors (Lipinski definition) is 4. The number of fused-ring (bicyclic) bond motifs is 3. The molecule has 0 N–H and O–H groups in total. The van der Waals surface area contributed by atoms with Crippen molar-refractivity contribution in [2.75, 3.05) is 42.6 Å². The lowest BCUT2D eigenvalue weighted by Gasteiger charge is -2.35. The predicted octanol–water partition coefficient (Wildman–Crippen LogP) is 6.21. The number of ether oxygens (including phenoxy) is 1. The second kappa shape index (κ2) is 8.08. The van der Waals surface area contributed by atoms with Crippen molar-refractivity contribution < 1.29 is 4.74 Å². The highest BCUT2D eigenvalue weighted by Gasteiger charge is 2.45. The third-order valence-corrected chi connectivity index (χ3v) is 7.82. The number of pyridine rings is 1. The van der Waals surface area contributed by atoms with Crippen LogP contribution >= 0.6 is 0 Å². The Morgan fingerprint density at radius 3 is 2.50 bits per heavy atom. The first-order valence-electron chi connectivity index (χ1n) is 12.1. The molecular formula is C28H35N3O. The summed E-state index contributed by atoms with van der Waals surface area (Å²) >= 11 is 0. The van der Waals surface area contributed by atoms with Gasteiger partial charge >= 0.3 is 0 Å². The first-order chi connectivity index (χ1) is 15.5. The van der Waals surface area contributed by atoms with Crippen molar-refractivity contribution in [3.8, 4) is 0 Å². The van der Waals surface area contributed by atoms with E-state index in [-0.39, 0.29) is 5.41 Å². The zero-order valence-electron chi connectivity index (χ0n) is 20.2. The van der Waals surface area contributed by atoms with E-state index in [0.717, 1.165) is 56.9 Å². The SMILES string of the molecule is CCN(CC)c1ccc2c(c1)N(c1c(C)c(C)nc3c(C)cccc13)CC21CCOCC1. The summed E-state index contributed by atoms with van der Waals surface area (Å²) in [6.07, 6.45) is 2.17. The van der Waals surface area contributed by atoms with E-state index in [1.165, 1.54) is 39.1 Å². The maximum Gasteiger partial charge on any atom is 0.0755 e. The summed E-state index contributed by atoms with van der Waals surface area (Å²) in [5.41, 5.74) is 10.4. The lowest BCUT2D eigenvalue weighted by molar-refractivity contribution is 0.0558. The van der Waals surface area contributed by atoms with Crippen molar-refractivity contribution in [1.82, 2.24) is 4.98 Å². The van der Waals surface area contributed by atoms with E-state index in [0.29, 0.717) is 0 Å². The van der Waals surface area contributed by atoms with E-state index >= 15 is 0 Å². The Balaban J connectivity index is 1.76. The van der Waals surface area contributed by atoms with Gasteiger partial charge in [0.25, 0.3) is 0 Å². The molecule has 2 aliphatic rings. The van der Waals surface area contributed by atoms with Gasteiger partial charge in [-0.3, -0.25) is 4.98 Å². The summed E-state index contributed by atoms with van der Waals surface area (Å²) in [5.74, 6) is 0. The first kappa shape index (κ1) is 21.3. The number of aryl methyl sites for hydroxylation is 2. The maximum absolute atomic E-state index is 5.80. The molecule has 1 aromatic heterocycles. The number of rotatable bonds is 4. The number of hydrogen-bond donors (Lipinski definition) is 0. The van der Waals surface area contributed by atoms with Crippen LogP contribution in [0.4, 0.5) is 17.1 Å². The third kappa shape index (κ3) is 3.19. The monoisotopic (exact) mass is 429 g/mol. The largest absolute Gasteiger partial charge is 0.381 e. The van der Waals surface area contributed by atoms with Gasteiger partial charge in [0.2, 0.25) is 0 Å². The van der Waals surface area contributed by atoms with Gasteiger partial charge in [-0.15, -0.1) is 0 Å². The molecule has 5 rings (SSSR count). The minimum atomic E-state index is 0.162. The molecule has 0 radical (unpaired) electrons. The van der Waals surface area contributed by atoms with Gasteiger partial charge in [0.15, 0.2) is 0 Å². The lowest BCUT2D eigenvalue weighted by atomic mass is 9.76. The number of anilines is 3. The van der Waals surface area contributed by atoms with E-state index in [2.05, 4.69) is 80.8 Å². The minimum Gasteiger partial charge on any atom is -0.381 e. The molecule has 2 aromatic carbocycles. The molecule has 32 heavy (non-hydrogen) atoms. The Morgan fingerprint density at radius 2 is 1.78 bits per heavy atom. The lowest BCUT2D eigenvalue weighted by Crippen LogP contribution is -2.37. The van der Waals surface area contributed by atoms with E-state index in [9.17, 15) is 0 Å². The van der Waals surface area contributed by atoms with Gasteiger partial charge in [0, 0.05) is 60.7 Å². The molecule has 0 amide bonds. The van der Waals surface area contributed by atoms with Gasteiger partial charge in [0.1, 0.15) is 0 Å². The molecular weight excluding hydrogens is 394 g/mol. The third-order valence-electron chi connectivity index (χ3n) is 7.82. The fourth-order valence-electron chi connectivity index (χ4n) is 5.81. The molecule has 4 heteroatoms. The van der Waals surface area contributed by atoms with Gasteiger partial charge in [0.05, 0.1) is 11.2 Å². The molecule has 0 atom stereocenters. The summed E-state index contributed by atoms with van der Waals surface area (Å²) in [6.45, 7) is 15.8.